The van der Waals surface area contributed by atoms with Crippen LogP contribution in [0, 0.1) is 19.8 Å². The molecule has 2 aromatic heterocycles. The SMILES string of the molecule is Cc1cn2c(CNCCC3CC3)c(C)nc2s1. The first-order chi connectivity index (χ1) is 8.24. The topological polar surface area (TPSA) is 29.3 Å². The third kappa shape index (κ3) is 2.38. The van der Waals surface area contributed by atoms with E-state index in [1.807, 2.05) is 0 Å². The van der Waals surface area contributed by atoms with E-state index >= 15 is 0 Å². The first kappa shape index (κ1) is 11.2. The van der Waals surface area contributed by atoms with Crippen molar-refractivity contribution < 1.29 is 0 Å². The summed E-state index contributed by atoms with van der Waals surface area (Å²) >= 11 is 1.77. The van der Waals surface area contributed by atoms with Crippen molar-refractivity contribution in [3.05, 3.63) is 22.5 Å². The fourth-order valence-corrected chi connectivity index (χ4v) is 3.13. The van der Waals surface area contributed by atoms with Crippen LogP contribution in [-0.4, -0.2) is 15.9 Å². The van der Waals surface area contributed by atoms with Crippen molar-refractivity contribution in [2.75, 3.05) is 6.54 Å². The number of hydrogen-bond donors (Lipinski definition) is 1. The van der Waals surface area contributed by atoms with Gasteiger partial charge in [-0.3, -0.25) is 4.40 Å². The van der Waals surface area contributed by atoms with Crippen LogP contribution < -0.4 is 5.32 Å². The van der Waals surface area contributed by atoms with Crippen molar-refractivity contribution >= 4 is 16.3 Å². The summed E-state index contributed by atoms with van der Waals surface area (Å²) in [5.41, 5.74) is 2.48. The zero-order valence-corrected chi connectivity index (χ0v) is 11.3. The molecule has 1 fully saturated rings. The van der Waals surface area contributed by atoms with Gasteiger partial charge >= 0.3 is 0 Å². The Kier molecular flexibility index (Phi) is 2.92. The predicted octanol–water partition coefficient (Wildman–Crippen LogP) is 2.90. The lowest BCUT2D eigenvalue weighted by Crippen LogP contribution is -2.16. The minimum atomic E-state index is 0.940. The Hall–Kier alpha value is -0.870. The van der Waals surface area contributed by atoms with Gasteiger partial charge < -0.3 is 5.32 Å². The average Bonchev–Trinajstić information content (AvgIpc) is 2.97. The van der Waals surface area contributed by atoms with E-state index in [-0.39, 0.29) is 0 Å². The average molecular weight is 249 g/mol. The van der Waals surface area contributed by atoms with Crippen LogP contribution in [0.3, 0.4) is 0 Å². The molecule has 0 saturated heterocycles. The number of fused-ring (bicyclic) bond motifs is 1. The van der Waals surface area contributed by atoms with Crippen LogP contribution in [0.5, 0.6) is 0 Å². The number of nitrogens with zero attached hydrogens (tertiary/aromatic N) is 2. The number of rotatable bonds is 5. The second kappa shape index (κ2) is 4.42. The third-order valence-corrected chi connectivity index (χ3v) is 4.36. The quantitative estimate of drug-likeness (QED) is 0.826. The van der Waals surface area contributed by atoms with E-state index in [1.54, 1.807) is 11.3 Å². The van der Waals surface area contributed by atoms with Crippen molar-refractivity contribution in [2.24, 2.45) is 5.92 Å². The molecule has 1 aliphatic carbocycles. The first-order valence-electron chi connectivity index (χ1n) is 6.38. The monoisotopic (exact) mass is 249 g/mol. The zero-order chi connectivity index (χ0) is 11.8. The molecule has 3 rings (SSSR count). The first-order valence-corrected chi connectivity index (χ1v) is 7.20. The van der Waals surface area contributed by atoms with Crippen molar-refractivity contribution in [1.82, 2.24) is 14.7 Å². The molecular weight excluding hydrogens is 230 g/mol. The number of imidazole rings is 1. The van der Waals surface area contributed by atoms with Gasteiger partial charge in [-0.2, -0.15) is 0 Å². The smallest absolute Gasteiger partial charge is 0.194 e. The number of thiazole rings is 1. The predicted molar refractivity (Wildman–Crippen MR) is 71.6 cm³/mol. The van der Waals surface area contributed by atoms with Crippen LogP contribution >= 0.6 is 11.3 Å². The third-order valence-electron chi connectivity index (χ3n) is 3.46. The van der Waals surface area contributed by atoms with E-state index in [2.05, 4.69) is 34.7 Å². The lowest BCUT2D eigenvalue weighted by molar-refractivity contribution is 0.603. The molecule has 0 bridgehead atoms. The molecule has 2 heterocycles. The van der Waals surface area contributed by atoms with E-state index in [0.717, 1.165) is 29.7 Å². The van der Waals surface area contributed by atoms with E-state index in [4.69, 9.17) is 0 Å². The van der Waals surface area contributed by atoms with Gasteiger partial charge in [0.25, 0.3) is 0 Å². The van der Waals surface area contributed by atoms with E-state index in [9.17, 15) is 0 Å². The van der Waals surface area contributed by atoms with Gasteiger partial charge in [0.15, 0.2) is 4.96 Å². The minimum Gasteiger partial charge on any atom is -0.311 e. The maximum absolute atomic E-state index is 4.60. The van der Waals surface area contributed by atoms with E-state index in [1.165, 1.54) is 29.8 Å². The van der Waals surface area contributed by atoms with Crippen molar-refractivity contribution in [3.8, 4) is 0 Å². The zero-order valence-electron chi connectivity index (χ0n) is 10.5. The van der Waals surface area contributed by atoms with Gasteiger partial charge in [-0.15, -0.1) is 11.3 Å². The molecule has 92 valence electrons. The number of aryl methyl sites for hydroxylation is 2. The molecule has 4 heteroatoms. The maximum Gasteiger partial charge on any atom is 0.194 e. The number of nitrogens with one attached hydrogen (secondary N) is 1. The summed E-state index contributed by atoms with van der Waals surface area (Å²) in [6.45, 7) is 6.32. The highest BCUT2D eigenvalue weighted by Gasteiger charge is 2.20. The number of aromatic nitrogens is 2. The van der Waals surface area contributed by atoms with Crippen LogP contribution in [0.4, 0.5) is 0 Å². The Balaban J connectivity index is 1.67. The Morgan fingerprint density at radius 1 is 1.47 bits per heavy atom. The standard InChI is InChI=1S/C13H19N3S/c1-9-8-16-12(10(2)15-13(16)17-9)7-14-6-5-11-3-4-11/h8,11,14H,3-7H2,1-2H3. The molecule has 0 aromatic carbocycles. The summed E-state index contributed by atoms with van der Waals surface area (Å²) < 4.78 is 2.24. The summed E-state index contributed by atoms with van der Waals surface area (Å²) in [5.74, 6) is 1.01. The minimum absolute atomic E-state index is 0.940. The summed E-state index contributed by atoms with van der Waals surface area (Å²) in [7, 11) is 0. The second-order valence-corrected chi connectivity index (χ2v) is 6.26. The molecular formula is C13H19N3S. The van der Waals surface area contributed by atoms with Crippen molar-refractivity contribution in [1.29, 1.82) is 0 Å². The molecule has 0 radical (unpaired) electrons. The Morgan fingerprint density at radius 3 is 3.06 bits per heavy atom. The largest absolute Gasteiger partial charge is 0.311 e. The van der Waals surface area contributed by atoms with Gasteiger partial charge in [0, 0.05) is 17.6 Å². The van der Waals surface area contributed by atoms with E-state index < -0.39 is 0 Å². The maximum atomic E-state index is 4.60. The van der Waals surface area contributed by atoms with Crippen LogP contribution in [0.15, 0.2) is 6.20 Å². The van der Waals surface area contributed by atoms with Crippen molar-refractivity contribution in [3.63, 3.8) is 0 Å². The van der Waals surface area contributed by atoms with Gasteiger partial charge in [-0.25, -0.2) is 4.98 Å². The summed E-state index contributed by atoms with van der Waals surface area (Å²) in [6.07, 6.45) is 6.42. The van der Waals surface area contributed by atoms with Gasteiger partial charge in [-0.1, -0.05) is 12.8 Å². The fourth-order valence-electron chi connectivity index (χ4n) is 2.24. The van der Waals surface area contributed by atoms with Crippen LogP contribution in [-0.2, 0) is 6.54 Å². The van der Waals surface area contributed by atoms with Crippen molar-refractivity contribution in [2.45, 2.75) is 39.7 Å². The summed E-state index contributed by atoms with van der Waals surface area (Å²) in [4.78, 5) is 7.05. The van der Waals surface area contributed by atoms with Gasteiger partial charge in [0.1, 0.15) is 0 Å². The van der Waals surface area contributed by atoms with Gasteiger partial charge in [0.05, 0.1) is 11.4 Å². The molecule has 3 nitrogen and oxygen atoms in total. The highest BCUT2D eigenvalue weighted by molar-refractivity contribution is 7.17. The highest BCUT2D eigenvalue weighted by Crippen LogP contribution is 2.31. The van der Waals surface area contributed by atoms with Gasteiger partial charge in [-0.05, 0) is 32.7 Å². The Morgan fingerprint density at radius 2 is 2.29 bits per heavy atom. The summed E-state index contributed by atoms with van der Waals surface area (Å²) in [6, 6.07) is 0. The number of hydrogen-bond acceptors (Lipinski definition) is 3. The molecule has 0 unspecified atom stereocenters. The highest BCUT2D eigenvalue weighted by atomic mass is 32.1. The molecule has 1 aliphatic rings. The fraction of sp³-hybridized carbons (Fsp3) is 0.615. The van der Waals surface area contributed by atoms with Crippen LogP contribution in [0.2, 0.25) is 0 Å². The lowest BCUT2D eigenvalue weighted by atomic mass is 10.3. The molecule has 1 saturated carbocycles. The Bertz CT molecular complexity index is 522. The normalized spacial score (nSPS) is 15.9. The molecule has 17 heavy (non-hydrogen) atoms. The lowest BCUT2D eigenvalue weighted by Gasteiger charge is -2.04. The molecule has 0 aliphatic heterocycles. The van der Waals surface area contributed by atoms with Crippen LogP contribution in [0.25, 0.3) is 4.96 Å². The van der Waals surface area contributed by atoms with Gasteiger partial charge in [0.2, 0.25) is 0 Å². The molecule has 0 amide bonds. The van der Waals surface area contributed by atoms with Crippen LogP contribution in [0.1, 0.15) is 35.5 Å². The Labute approximate surface area is 106 Å². The molecule has 0 atom stereocenters. The molecule has 0 spiro atoms. The molecule has 2 aromatic rings. The van der Waals surface area contributed by atoms with E-state index in [0.29, 0.717) is 0 Å². The summed E-state index contributed by atoms with van der Waals surface area (Å²) in [5, 5.41) is 3.55. The second-order valence-electron chi connectivity index (χ2n) is 5.05. The molecule has 1 N–H and O–H groups in total.